The van der Waals surface area contributed by atoms with E-state index in [4.69, 9.17) is 0 Å². The van der Waals surface area contributed by atoms with E-state index in [1.165, 1.54) is 5.56 Å². The highest BCUT2D eigenvalue weighted by atomic mass is 15.1. The quantitative estimate of drug-likeness (QED) is 0.710. The van der Waals surface area contributed by atoms with Crippen molar-refractivity contribution in [3.63, 3.8) is 0 Å². The van der Waals surface area contributed by atoms with Gasteiger partial charge in [-0.3, -0.25) is 0 Å². The molecule has 0 saturated heterocycles. The largest absolute Gasteiger partial charge is 0.369 e. The third-order valence-corrected chi connectivity index (χ3v) is 2.97. The summed E-state index contributed by atoms with van der Waals surface area (Å²) in [4.78, 5) is 2.19. The maximum Gasteiger partial charge on any atom is 0.0519 e. The van der Waals surface area contributed by atoms with Crippen molar-refractivity contribution in [3.8, 4) is 11.8 Å². The van der Waals surface area contributed by atoms with Crippen LogP contribution in [-0.4, -0.2) is 11.9 Å². The minimum absolute atomic E-state index is 0.854. The average Bonchev–Trinajstić information content (AvgIpc) is 2.47. The lowest BCUT2D eigenvalue weighted by Crippen LogP contribution is -2.19. The summed E-state index contributed by atoms with van der Waals surface area (Å²) in [5.41, 5.74) is 4.46. The molecule has 1 aromatic rings. The van der Waals surface area contributed by atoms with Gasteiger partial charge in [0.25, 0.3) is 0 Å². The van der Waals surface area contributed by atoms with Crippen molar-refractivity contribution in [2.45, 2.75) is 27.3 Å². The van der Waals surface area contributed by atoms with Gasteiger partial charge >= 0.3 is 0 Å². The maximum absolute atomic E-state index is 3.89. The van der Waals surface area contributed by atoms with Crippen LogP contribution in [0.15, 0.2) is 60.3 Å². The predicted octanol–water partition coefficient (Wildman–Crippen LogP) is 4.53. The number of allylic oxidation sites excluding steroid dienone is 4. The SMILES string of the molecule is C=C/C1=C(\C=C/C)C#Cc2ccccc2CN1C.CC. The molecule has 0 atom stereocenters. The van der Waals surface area contributed by atoms with Crippen molar-refractivity contribution < 1.29 is 0 Å². The van der Waals surface area contributed by atoms with Gasteiger partial charge in [-0.05, 0) is 30.7 Å². The summed E-state index contributed by atoms with van der Waals surface area (Å²) >= 11 is 0. The Bertz CT molecular complexity index is 579. The topological polar surface area (TPSA) is 3.24 Å². The van der Waals surface area contributed by atoms with Crippen LogP contribution in [-0.2, 0) is 6.54 Å². The van der Waals surface area contributed by atoms with E-state index >= 15 is 0 Å². The van der Waals surface area contributed by atoms with Gasteiger partial charge in [0.15, 0.2) is 0 Å². The Morgan fingerprint density at radius 3 is 2.55 bits per heavy atom. The Morgan fingerprint density at radius 1 is 1.20 bits per heavy atom. The van der Waals surface area contributed by atoms with Crippen molar-refractivity contribution in [2.24, 2.45) is 0 Å². The van der Waals surface area contributed by atoms with E-state index in [2.05, 4.69) is 48.6 Å². The molecule has 0 aromatic heterocycles. The Labute approximate surface area is 123 Å². The minimum atomic E-state index is 0.854. The first kappa shape index (κ1) is 15.9. The van der Waals surface area contributed by atoms with Crippen LogP contribution in [0.5, 0.6) is 0 Å². The van der Waals surface area contributed by atoms with E-state index in [1.807, 2.05) is 45.1 Å². The Balaban J connectivity index is 0.000000956. The first-order valence-corrected chi connectivity index (χ1v) is 7.06. The number of hydrogen-bond acceptors (Lipinski definition) is 1. The molecular formula is C19H23N. The lowest BCUT2D eigenvalue weighted by molar-refractivity contribution is 0.422. The Hall–Kier alpha value is -2.20. The van der Waals surface area contributed by atoms with Gasteiger partial charge in [0.2, 0.25) is 0 Å². The summed E-state index contributed by atoms with van der Waals surface area (Å²) in [6.45, 7) is 10.8. The van der Waals surface area contributed by atoms with Gasteiger partial charge in [0, 0.05) is 24.7 Å². The first-order valence-electron chi connectivity index (χ1n) is 7.06. The number of rotatable bonds is 2. The lowest BCUT2D eigenvalue weighted by Gasteiger charge is -2.23. The molecular weight excluding hydrogens is 242 g/mol. The molecule has 1 aromatic carbocycles. The second kappa shape index (κ2) is 8.07. The van der Waals surface area contributed by atoms with Crippen LogP contribution in [0.3, 0.4) is 0 Å². The van der Waals surface area contributed by atoms with Crippen molar-refractivity contribution in [3.05, 3.63) is 71.5 Å². The predicted molar refractivity (Wildman–Crippen MR) is 88.2 cm³/mol. The highest BCUT2D eigenvalue weighted by molar-refractivity contribution is 5.52. The summed E-state index contributed by atoms with van der Waals surface area (Å²) in [5.74, 6) is 6.49. The summed E-state index contributed by atoms with van der Waals surface area (Å²) in [7, 11) is 2.07. The van der Waals surface area contributed by atoms with Gasteiger partial charge in [-0.1, -0.05) is 56.5 Å². The molecule has 0 amide bonds. The molecule has 1 heteroatoms. The molecule has 0 saturated carbocycles. The van der Waals surface area contributed by atoms with E-state index in [1.54, 1.807) is 0 Å². The fourth-order valence-electron chi connectivity index (χ4n) is 2.08. The second-order valence-corrected chi connectivity index (χ2v) is 4.27. The molecule has 0 aliphatic carbocycles. The molecule has 0 radical (unpaired) electrons. The molecule has 1 aliphatic rings. The van der Waals surface area contributed by atoms with E-state index < -0.39 is 0 Å². The van der Waals surface area contributed by atoms with Crippen LogP contribution >= 0.6 is 0 Å². The zero-order valence-electron chi connectivity index (χ0n) is 12.9. The lowest BCUT2D eigenvalue weighted by atomic mass is 10.0. The van der Waals surface area contributed by atoms with Crippen molar-refractivity contribution >= 4 is 0 Å². The fraction of sp³-hybridized carbons (Fsp3) is 0.263. The molecule has 104 valence electrons. The Morgan fingerprint density at radius 2 is 1.90 bits per heavy atom. The van der Waals surface area contributed by atoms with Crippen LogP contribution in [0.25, 0.3) is 0 Å². The molecule has 20 heavy (non-hydrogen) atoms. The van der Waals surface area contributed by atoms with Crippen LogP contribution in [0, 0.1) is 11.8 Å². The maximum atomic E-state index is 3.89. The molecule has 2 rings (SSSR count). The standard InChI is InChI=1S/C17H17N.C2H6/c1-4-8-15-12-11-14-9-6-7-10-16(14)13-18(3)17(15)5-2;1-2/h4-10H,2,13H2,1,3H3;1-2H3/b8-4-,17-15-;. The number of likely N-dealkylation sites (N-methyl/N-ethyl adjacent to an activating group) is 1. The number of hydrogen-bond donors (Lipinski definition) is 0. The normalized spacial score (nSPS) is 17.1. The zero-order chi connectivity index (χ0) is 15.0. The highest BCUT2D eigenvalue weighted by Gasteiger charge is 2.10. The van der Waals surface area contributed by atoms with Crippen LogP contribution in [0.2, 0.25) is 0 Å². The molecule has 1 nitrogen and oxygen atoms in total. The second-order valence-electron chi connectivity index (χ2n) is 4.27. The zero-order valence-corrected chi connectivity index (χ0v) is 12.9. The molecule has 0 fully saturated rings. The average molecular weight is 265 g/mol. The smallest absolute Gasteiger partial charge is 0.0519 e. The van der Waals surface area contributed by atoms with Gasteiger partial charge in [-0.15, -0.1) is 0 Å². The van der Waals surface area contributed by atoms with Gasteiger partial charge in [-0.2, -0.15) is 0 Å². The molecule has 0 spiro atoms. The third-order valence-electron chi connectivity index (χ3n) is 2.97. The molecule has 0 N–H and O–H groups in total. The van der Waals surface area contributed by atoms with E-state index in [-0.39, 0.29) is 0 Å². The monoisotopic (exact) mass is 265 g/mol. The molecule has 0 unspecified atom stereocenters. The molecule has 0 bridgehead atoms. The van der Waals surface area contributed by atoms with E-state index in [0.29, 0.717) is 0 Å². The van der Waals surface area contributed by atoms with E-state index in [0.717, 1.165) is 23.4 Å². The third kappa shape index (κ3) is 3.65. The summed E-state index contributed by atoms with van der Waals surface area (Å²) in [6.07, 6.45) is 5.92. The summed E-state index contributed by atoms with van der Waals surface area (Å²) in [5, 5.41) is 0. The van der Waals surface area contributed by atoms with Gasteiger partial charge in [-0.25, -0.2) is 0 Å². The number of fused-ring (bicyclic) bond motifs is 1. The van der Waals surface area contributed by atoms with Crippen LogP contribution < -0.4 is 0 Å². The van der Waals surface area contributed by atoms with Crippen LogP contribution in [0.4, 0.5) is 0 Å². The van der Waals surface area contributed by atoms with Crippen molar-refractivity contribution in [1.82, 2.24) is 4.90 Å². The van der Waals surface area contributed by atoms with Gasteiger partial charge in [0.1, 0.15) is 0 Å². The minimum Gasteiger partial charge on any atom is -0.369 e. The highest BCUT2D eigenvalue weighted by Crippen LogP contribution is 2.19. The van der Waals surface area contributed by atoms with Crippen LogP contribution in [0.1, 0.15) is 31.9 Å². The molecule has 1 aliphatic heterocycles. The number of benzene rings is 1. The van der Waals surface area contributed by atoms with Gasteiger partial charge in [0.05, 0.1) is 5.70 Å². The van der Waals surface area contributed by atoms with Crippen molar-refractivity contribution in [1.29, 1.82) is 0 Å². The van der Waals surface area contributed by atoms with Crippen molar-refractivity contribution in [2.75, 3.05) is 7.05 Å². The summed E-state index contributed by atoms with van der Waals surface area (Å²) in [6, 6.07) is 8.28. The molecule has 1 heterocycles. The van der Waals surface area contributed by atoms with E-state index in [9.17, 15) is 0 Å². The fourth-order valence-corrected chi connectivity index (χ4v) is 2.08. The summed E-state index contributed by atoms with van der Waals surface area (Å²) < 4.78 is 0. The first-order chi connectivity index (χ1) is 9.76. The Kier molecular flexibility index (Phi) is 6.40. The number of nitrogens with zero attached hydrogens (tertiary/aromatic N) is 1. The van der Waals surface area contributed by atoms with Gasteiger partial charge < -0.3 is 4.90 Å².